The van der Waals surface area contributed by atoms with Crippen LogP contribution < -0.4 is 5.32 Å². The van der Waals surface area contributed by atoms with Gasteiger partial charge in [0.2, 0.25) is 5.91 Å². The van der Waals surface area contributed by atoms with Crippen LogP contribution in [0.2, 0.25) is 0 Å². The lowest BCUT2D eigenvalue weighted by atomic mass is 9.41. The molecule has 0 unspecified atom stereocenters. The van der Waals surface area contributed by atoms with E-state index in [-0.39, 0.29) is 24.4 Å². The van der Waals surface area contributed by atoms with Crippen molar-refractivity contribution in [2.24, 2.45) is 0 Å². The van der Waals surface area contributed by atoms with Gasteiger partial charge in [0.15, 0.2) is 0 Å². The van der Waals surface area contributed by atoms with Gasteiger partial charge in [0, 0.05) is 24.6 Å². The molecule has 4 fully saturated rings. The van der Waals surface area contributed by atoms with Gasteiger partial charge in [-0.3, -0.25) is 9.53 Å². The molecule has 3 saturated carbocycles. The summed E-state index contributed by atoms with van der Waals surface area (Å²) in [5, 5.41) is 2.94. The highest BCUT2D eigenvalue weighted by atomic mass is 19.4. The number of nitrogens with one attached hydrogen (secondary N) is 1. The number of hydrogen-bond acceptors (Lipinski definition) is 5. The molecule has 0 radical (unpaired) electrons. The number of rotatable bonds is 5. The Bertz CT molecular complexity index is 715. The van der Waals surface area contributed by atoms with Crippen LogP contribution in [0.5, 0.6) is 0 Å². The van der Waals surface area contributed by atoms with E-state index >= 15 is 0 Å². The fourth-order valence-corrected chi connectivity index (χ4v) is 4.10. The first-order valence-corrected chi connectivity index (χ1v) is 8.39. The number of carbonyl (C=O) groups is 1. The Hall–Kier alpha value is -1.97. The highest BCUT2D eigenvalue weighted by Gasteiger charge is 2.70. The van der Waals surface area contributed by atoms with Gasteiger partial charge in [-0.05, 0) is 26.2 Å². The zero-order chi connectivity index (χ0) is 18.7. The molecule has 2 heterocycles. The average molecular weight is 374 g/mol. The molecule has 3 aliphatic carbocycles. The third kappa shape index (κ3) is 3.00. The molecule has 1 N–H and O–H groups in total. The number of alkyl halides is 4. The minimum absolute atomic E-state index is 0.0961. The molecule has 142 valence electrons. The second-order valence-electron chi connectivity index (χ2n) is 7.54. The third-order valence-corrected chi connectivity index (χ3v) is 5.37. The summed E-state index contributed by atoms with van der Waals surface area (Å²) in [5.41, 5.74) is -0.480. The lowest BCUT2D eigenvalue weighted by Gasteiger charge is -2.65. The van der Waals surface area contributed by atoms with E-state index in [1.165, 1.54) is 11.2 Å². The van der Waals surface area contributed by atoms with Crippen molar-refractivity contribution >= 4 is 11.7 Å². The molecule has 10 heteroatoms. The zero-order valence-corrected chi connectivity index (χ0v) is 14.0. The Morgan fingerprint density at radius 3 is 2.58 bits per heavy atom. The first-order chi connectivity index (χ1) is 12.1. The van der Waals surface area contributed by atoms with Gasteiger partial charge in [-0.1, -0.05) is 0 Å². The van der Waals surface area contributed by atoms with Crippen molar-refractivity contribution in [2.45, 2.75) is 55.8 Å². The van der Waals surface area contributed by atoms with Gasteiger partial charge in [-0.2, -0.15) is 0 Å². The molecular formula is C16H18F4N4O2. The van der Waals surface area contributed by atoms with Crippen LogP contribution >= 0.6 is 0 Å². The first-order valence-electron chi connectivity index (χ1n) is 8.39. The van der Waals surface area contributed by atoms with Crippen LogP contribution in [0.15, 0.2) is 12.4 Å². The largest absolute Gasteiger partial charge is 0.522 e. The highest BCUT2D eigenvalue weighted by molar-refractivity contribution is 5.84. The van der Waals surface area contributed by atoms with Gasteiger partial charge in [0.05, 0.1) is 5.69 Å². The number of aromatic nitrogens is 2. The van der Waals surface area contributed by atoms with Gasteiger partial charge in [0.1, 0.15) is 30.0 Å². The fraction of sp³-hybridized carbons (Fsp3) is 0.688. The van der Waals surface area contributed by atoms with Crippen molar-refractivity contribution in [2.75, 3.05) is 18.4 Å². The van der Waals surface area contributed by atoms with Crippen molar-refractivity contribution < 1.29 is 27.1 Å². The summed E-state index contributed by atoms with van der Waals surface area (Å²) in [6.07, 6.45) is -2.93. The molecule has 0 spiro atoms. The molecule has 4 aliphatic rings. The Labute approximate surface area is 146 Å². The molecule has 6 nitrogen and oxygen atoms in total. The van der Waals surface area contributed by atoms with Gasteiger partial charge in [-0.15, -0.1) is 13.2 Å². The van der Waals surface area contributed by atoms with Gasteiger partial charge >= 0.3 is 6.36 Å². The third-order valence-electron chi connectivity index (χ3n) is 5.37. The smallest absolute Gasteiger partial charge is 0.359 e. The molecule has 1 saturated heterocycles. The minimum Gasteiger partial charge on any atom is -0.359 e. The quantitative estimate of drug-likeness (QED) is 0.801. The molecule has 5 rings (SSSR count). The maximum Gasteiger partial charge on any atom is 0.522 e. The van der Waals surface area contributed by atoms with Gasteiger partial charge in [0.25, 0.3) is 0 Å². The standard InChI is InChI=1S/C16H18F4N4O2/c1-9(13(25)24-3-10(4-24)26-16(18,19)20)23-12-2-11(21-8-22-12)14-5-15(17,6-14)7-14/h2,8-10H,3-7H2,1H3,(H,21,22,23)/t9-,14?,15?/m1/s1. The van der Waals surface area contributed by atoms with Crippen LogP contribution in [0.3, 0.4) is 0 Å². The van der Waals surface area contributed by atoms with E-state index in [9.17, 15) is 22.4 Å². The van der Waals surface area contributed by atoms with Crippen LogP contribution in [-0.2, 0) is 14.9 Å². The first kappa shape index (κ1) is 17.4. The summed E-state index contributed by atoms with van der Waals surface area (Å²) < 4.78 is 53.9. The Kier molecular flexibility index (Phi) is 3.70. The normalized spacial score (nSPS) is 31.5. The lowest BCUT2D eigenvalue weighted by molar-refractivity contribution is -0.353. The SMILES string of the molecule is C[C@@H](Nc1cc(C23CC(F)(C2)C3)ncn1)C(=O)N1CC(OC(F)(F)F)C1. The Balaban J connectivity index is 1.31. The molecule has 26 heavy (non-hydrogen) atoms. The molecule has 1 aromatic rings. The van der Waals surface area contributed by atoms with E-state index < -0.39 is 24.2 Å². The molecule has 0 aromatic carbocycles. The summed E-state index contributed by atoms with van der Waals surface area (Å²) in [7, 11) is 0. The summed E-state index contributed by atoms with van der Waals surface area (Å²) in [6.45, 7) is 1.42. The number of hydrogen-bond donors (Lipinski definition) is 1. The van der Waals surface area contributed by atoms with Gasteiger partial charge < -0.3 is 10.2 Å². The second-order valence-corrected chi connectivity index (χ2v) is 7.54. The number of halogens is 4. The van der Waals surface area contributed by atoms with E-state index in [2.05, 4.69) is 20.0 Å². The van der Waals surface area contributed by atoms with E-state index in [0.29, 0.717) is 25.1 Å². The van der Waals surface area contributed by atoms with Crippen molar-refractivity contribution in [1.82, 2.24) is 14.9 Å². The topological polar surface area (TPSA) is 67.4 Å². The van der Waals surface area contributed by atoms with Crippen LogP contribution in [0.1, 0.15) is 31.9 Å². The number of amides is 1. The molecular weight excluding hydrogens is 356 g/mol. The van der Waals surface area contributed by atoms with Crippen LogP contribution in [0.4, 0.5) is 23.4 Å². The number of likely N-dealkylation sites (tertiary alicyclic amines) is 1. The van der Waals surface area contributed by atoms with E-state index in [1.807, 2.05) is 0 Å². The predicted octanol–water partition coefficient (Wildman–Crippen LogP) is 2.17. The number of nitrogens with zero attached hydrogens (tertiary/aromatic N) is 3. The fourth-order valence-electron chi connectivity index (χ4n) is 4.10. The lowest BCUT2D eigenvalue weighted by Crippen LogP contribution is -2.67. The average Bonchev–Trinajstić information content (AvgIpc) is 2.45. The monoisotopic (exact) mass is 374 g/mol. The Morgan fingerprint density at radius 1 is 1.35 bits per heavy atom. The molecule has 1 aromatic heterocycles. The summed E-state index contributed by atoms with van der Waals surface area (Å²) >= 11 is 0. The van der Waals surface area contributed by atoms with Crippen LogP contribution in [-0.4, -0.2) is 58.0 Å². The van der Waals surface area contributed by atoms with Crippen LogP contribution in [0.25, 0.3) is 0 Å². The van der Waals surface area contributed by atoms with E-state index in [4.69, 9.17) is 0 Å². The summed E-state index contributed by atoms with van der Waals surface area (Å²) in [4.78, 5) is 21.9. The molecule has 1 atom stereocenters. The van der Waals surface area contributed by atoms with E-state index in [0.717, 1.165) is 5.69 Å². The van der Waals surface area contributed by atoms with Crippen molar-refractivity contribution in [3.05, 3.63) is 18.1 Å². The molecule has 1 amide bonds. The minimum atomic E-state index is -4.69. The van der Waals surface area contributed by atoms with Crippen molar-refractivity contribution in [1.29, 1.82) is 0 Å². The Morgan fingerprint density at radius 2 is 2.00 bits per heavy atom. The molecule has 1 aliphatic heterocycles. The number of ether oxygens (including phenoxy) is 1. The van der Waals surface area contributed by atoms with Gasteiger partial charge in [-0.25, -0.2) is 14.4 Å². The van der Waals surface area contributed by atoms with E-state index in [1.54, 1.807) is 13.0 Å². The van der Waals surface area contributed by atoms with Crippen molar-refractivity contribution in [3.63, 3.8) is 0 Å². The maximum absolute atomic E-state index is 13.7. The zero-order valence-electron chi connectivity index (χ0n) is 14.0. The molecule has 2 bridgehead atoms. The summed E-state index contributed by atoms with van der Waals surface area (Å²) in [5.74, 6) is 0.109. The number of anilines is 1. The highest BCUT2D eigenvalue weighted by Crippen LogP contribution is 2.69. The second kappa shape index (κ2) is 5.51. The predicted molar refractivity (Wildman–Crippen MR) is 82.0 cm³/mol. The van der Waals surface area contributed by atoms with Crippen molar-refractivity contribution in [3.8, 4) is 0 Å². The number of carbonyl (C=O) groups excluding carboxylic acids is 1. The maximum atomic E-state index is 13.7. The summed E-state index contributed by atoms with van der Waals surface area (Å²) in [6, 6.07) is 1.05. The van der Waals surface area contributed by atoms with Crippen LogP contribution in [0, 0.1) is 0 Å².